The molecule has 0 unspecified atom stereocenters. The van der Waals surface area contributed by atoms with Gasteiger partial charge in [-0.1, -0.05) is 53.2 Å². The number of imidazole rings is 1. The van der Waals surface area contributed by atoms with Gasteiger partial charge in [0.2, 0.25) is 5.89 Å². The molecule has 32 heavy (non-hydrogen) atoms. The SMILES string of the molecule is Cc1cccc(CSc2nc3ccncc3n2Cc2nc(-c3ccc(Cl)cc3)oc2C)c1. The maximum absolute atomic E-state index is 6.02. The van der Waals surface area contributed by atoms with Crippen molar-refractivity contribution in [3.8, 4) is 11.5 Å². The van der Waals surface area contributed by atoms with Crippen molar-refractivity contribution in [3.05, 3.63) is 94.6 Å². The molecule has 0 N–H and O–H groups in total. The van der Waals surface area contributed by atoms with Gasteiger partial charge in [-0.25, -0.2) is 9.97 Å². The Kier molecular flexibility index (Phi) is 5.72. The van der Waals surface area contributed by atoms with Gasteiger partial charge in [0.1, 0.15) is 11.5 Å². The van der Waals surface area contributed by atoms with E-state index < -0.39 is 0 Å². The molecule has 0 aliphatic rings. The molecule has 5 rings (SSSR count). The Balaban J connectivity index is 1.47. The zero-order valence-electron chi connectivity index (χ0n) is 17.7. The number of halogens is 1. The Labute approximate surface area is 195 Å². The lowest BCUT2D eigenvalue weighted by molar-refractivity contribution is 0.537. The molecule has 0 spiro atoms. The van der Waals surface area contributed by atoms with Gasteiger partial charge in [0, 0.05) is 22.5 Å². The van der Waals surface area contributed by atoms with Gasteiger partial charge in [0.05, 0.1) is 23.8 Å². The molecule has 3 heterocycles. The fraction of sp³-hybridized carbons (Fsp3) is 0.160. The molecule has 0 amide bonds. The molecule has 0 bridgehead atoms. The molecular formula is C25H21ClN4OS. The van der Waals surface area contributed by atoms with Crippen LogP contribution >= 0.6 is 23.4 Å². The summed E-state index contributed by atoms with van der Waals surface area (Å²) in [6.07, 6.45) is 3.63. The van der Waals surface area contributed by atoms with Crippen LogP contribution in [0.25, 0.3) is 22.5 Å². The summed E-state index contributed by atoms with van der Waals surface area (Å²) >= 11 is 7.73. The number of thioether (sulfide) groups is 1. The van der Waals surface area contributed by atoms with E-state index in [-0.39, 0.29) is 0 Å². The number of nitrogens with zero attached hydrogens (tertiary/aromatic N) is 4. The quantitative estimate of drug-likeness (QED) is 0.264. The van der Waals surface area contributed by atoms with Gasteiger partial charge in [-0.15, -0.1) is 0 Å². The minimum atomic E-state index is 0.557. The first-order valence-corrected chi connectivity index (χ1v) is 11.6. The van der Waals surface area contributed by atoms with Crippen LogP contribution in [0, 0.1) is 13.8 Å². The molecular weight excluding hydrogens is 440 g/mol. The van der Waals surface area contributed by atoms with Crippen LogP contribution in [-0.4, -0.2) is 19.5 Å². The molecule has 0 radical (unpaired) electrons. The lowest BCUT2D eigenvalue weighted by atomic mass is 10.2. The minimum Gasteiger partial charge on any atom is -0.441 e. The van der Waals surface area contributed by atoms with Gasteiger partial charge in [-0.2, -0.15) is 0 Å². The number of hydrogen-bond donors (Lipinski definition) is 0. The minimum absolute atomic E-state index is 0.557. The number of pyridine rings is 1. The van der Waals surface area contributed by atoms with Crippen molar-refractivity contribution in [3.63, 3.8) is 0 Å². The smallest absolute Gasteiger partial charge is 0.226 e. The fourth-order valence-corrected chi connectivity index (χ4v) is 4.68. The van der Waals surface area contributed by atoms with Crippen LogP contribution in [0.3, 0.4) is 0 Å². The predicted octanol–water partition coefficient (Wildman–Crippen LogP) is 6.70. The molecule has 5 aromatic rings. The number of oxazole rings is 1. The van der Waals surface area contributed by atoms with Crippen LogP contribution in [0.2, 0.25) is 5.02 Å². The summed E-state index contributed by atoms with van der Waals surface area (Å²) in [6, 6.07) is 18.0. The van der Waals surface area contributed by atoms with Gasteiger partial charge in [0.25, 0.3) is 0 Å². The number of fused-ring (bicyclic) bond motifs is 1. The van der Waals surface area contributed by atoms with E-state index in [0.717, 1.165) is 39.0 Å². The van der Waals surface area contributed by atoms with Gasteiger partial charge < -0.3 is 8.98 Å². The van der Waals surface area contributed by atoms with Gasteiger partial charge >= 0.3 is 0 Å². The molecule has 0 saturated heterocycles. The number of aryl methyl sites for hydroxylation is 2. The second kappa shape index (κ2) is 8.81. The highest BCUT2D eigenvalue weighted by Gasteiger charge is 2.17. The Bertz CT molecular complexity index is 1390. The highest BCUT2D eigenvalue weighted by atomic mass is 35.5. The first kappa shape index (κ1) is 20.8. The van der Waals surface area contributed by atoms with E-state index in [1.807, 2.05) is 43.5 Å². The Morgan fingerprint density at radius 3 is 2.69 bits per heavy atom. The van der Waals surface area contributed by atoms with Crippen LogP contribution in [0.1, 0.15) is 22.6 Å². The molecule has 160 valence electrons. The Morgan fingerprint density at radius 2 is 1.88 bits per heavy atom. The normalized spacial score (nSPS) is 11.3. The molecule has 0 aliphatic carbocycles. The van der Waals surface area contributed by atoms with E-state index in [2.05, 4.69) is 40.7 Å². The van der Waals surface area contributed by atoms with Gasteiger partial charge in [-0.05, 0) is 49.7 Å². The average molecular weight is 461 g/mol. The third-order valence-corrected chi connectivity index (χ3v) is 6.56. The molecule has 0 saturated carbocycles. The number of aromatic nitrogens is 4. The number of rotatable bonds is 6. The maximum Gasteiger partial charge on any atom is 0.226 e. The van der Waals surface area contributed by atoms with Crippen molar-refractivity contribution in [1.29, 1.82) is 0 Å². The summed E-state index contributed by atoms with van der Waals surface area (Å²) in [5.74, 6) is 2.22. The summed E-state index contributed by atoms with van der Waals surface area (Å²) in [7, 11) is 0. The zero-order chi connectivity index (χ0) is 22.1. The Hall–Kier alpha value is -3.09. The summed E-state index contributed by atoms with van der Waals surface area (Å²) in [5.41, 5.74) is 6.20. The fourth-order valence-electron chi connectivity index (χ4n) is 3.60. The molecule has 0 atom stereocenters. The largest absolute Gasteiger partial charge is 0.441 e. The van der Waals surface area contributed by atoms with E-state index in [9.17, 15) is 0 Å². The highest BCUT2D eigenvalue weighted by molar-refractivity contribution is 7.98. The molecule has 2 aromatic carbocycles. The van der Waals surface area contributed by atoms with Gasteiger partial charge in [0.15, 0.2) is 5.16 Å². The second-order valence-corrected chi connectivity index (χ2v) is 9.03. The molecule has 0 fully saturated rings. The standard InChI is InChI=1S/C25H21ClN4OS/c1-16-4-3-5-18(12-16)15-32-25-29-21-10-11-27-13-23(21)30(25)14-22-17(2)31-24(28-22)19-6-8-20(26)9-7-19/h3-13H,14-15H2,1-2H3. The highest BCUT2D eigenvalue weighted by Crippen LogP contribution is 2.29. The monoisotopic (exact) mass is 460 g/mol. The van der Waals surface area contributed by atoms with E-state index in [4.69, 9.17) is 26.0 Å². The summed E-state index contributed by atoms with van der Waals surface area (Å²) in [5, 5.41) is 1.62. The molecule has 7 heteroatoms. The summed E-state index contributed by atoms with van der Waals surface area (Å²) < 4.78 is 8.14. The van der Waals surface area contributed by atoms with Crippen molar-refractivity contribution in [2.75, 3.05) is 0 Å². The summed E-state index contributed by atoms with van der Waals surface area (Å²) in [4.78, 5) is 14.0. The van der Waals surface area contributed by atoms with Crippen molar-refractivity contribution < 1.29 is 4.42 Å². The lowest BCUT2D eigenvalue weighted by Gasteiger charge is -2.08. The van der Waals surface area contributed by atoms with E-state index in [1.54, 1.807) is 18.0 Å². The molecule has 5 nitrogen and oxygen atoms in total. The Morgan fingerprint density at radius 1 is 1.03 bits per heavy atom. The first-order valence-electron chi connectivity index (χ1n) is 10.3. The lowest BCUT2D eigenvalue weighted by Crippen LogP contribution is -2.03. The first-order chi connectivity index (χ1) is 15.6. The van der Waals surface area contributed by atoms with Crippen LogP contribution in [0.4, 0.5) is 0 Å². The van der Waals surface area contributed by atoms with E-state index >= 15 is 0 Å². The van der Waals surface area contributed by atoms with E-state index in [1.165, 1.54) is 11.1 Å². The maximum atomic E-state index is 6.02. The number of hydrogen-bond acceptors (Lipinski definition) is 5. The van der Waals surface area contributed by atoms with Crippen LogP contribution in [-0.2, 0) is 12.3 Å². The third kappa shape index (κ3) is 4.29. The van der Waals surface area contributed by atoms with Crippen LogP contribution in [0.15, 0.2) is 76.6 Å². The zero-order valence-corrected chi connectivity index (χ0v) is 19.3. The predicted molar refractivity (Wildman–Crippen MR) is 129 cm³/mol. The summed E-state index contributed by atoms with van der Waals surface area (Å²) in [6.45, 7) is 4.61. The van der Waals surface area contributed by atoms with Crippen molar-refractivity contribution in [1.82, 2.24) is 19.5 Å². The number of benzene rings is 2. The molecule has 0 aliphatic heterocycles. The van der Waals surface area contributed by atoms with Gasteiger partial charge in [-0.3, -0.25) is 4.98 Å². The van der Waals surface area contributed by atoms with Crippen molar-refractivity contribution in [2.45, 2.75) is 31.3 Å². The average Bonchev–Trinajstić information content (AvgIpc) is 3.33. The topological polar surface area (TPSA) is 56.7 Å². The second-order valence-electron chi connectivity index (χ2n) is 7.65. The van der Waals surface area contributed by atoms with Crippen LogP contribution in [0.5, 0.6) is 0 Å². The van der Waals surface area contributed by atoms with Crippen molar-refractivity contribution in [2.24, 2.45) is 0 Å². The molecule has 3 aromatic heterocycles. The van der Waals surface area contributed by atoms with E-state index in [0.29, 0.717) is 17.5 Å². The third-order valence-electron chi connectivity index (χ3n) is 5.26. The van der Waals surface area contributed by atoms with Crippen molar-refractivity contribution >= 4 is 34.4 Å². The van der Waals surface area contributed by atoms with Crippen LogP contribution < -0.4 is 0 Å².